The summed E-state index contributed by atoms with van der Waals surface area (Å²) in [5, 5.41) is 4.62. The van der Waals surface area contributed by atoms with E-state index in [1.54, 1.807) is 6.33 Å². The predicted octanol–water partition coefficient (Wildman–Crippen LogP) is 3.70. The van der Waals surface area contributed by atoms with E-state index in [-0.39, 0.29) is 18.6 Å². The summed E-state index contributed by atoms with van der Waals surface area (Å²) in [6, 6.07) is -0.0943. The van der Waals surface area contributed by atoms with E-state index in [1.807, 2.05) is 37.3 Å². The Balaban J connectivity index is 2.03. The fourth-order valence-corrected chi connectivity index (χ4v) is 3.73. The Morgan fingerprint density at radius 1 is 1.32 bits per heavy atom. The van der Waals surface area contributed by atoms with Crippen LogP contribution in [-0.4, -0.2) is 43.9 Å². The zero-order valence-electron chi connectivity index (χ0n) is 15.0. The van der Waals surface area contributed by atoms with Gasteiger partial charge in [-0.3, -0.25) is 9.58 Å². The van der Waals surface area contributed by atoms with Crippen LogP contribution in [0.5, 0.6) is 0 Å². The Morgan fingerprint density at radius 2 is 2.04 bits per heavy atom. The molecule has 138 valence electrons. The molecule has 0 saturated heterocycles. The minimum atomic E-state index is -4.16. The second kappa shape index (κ2) is 6.48. The quantitative estimate of drug-likeness (QED) is 0.910. The maximum atomic E-state index is 12.8. The highest BCUT2D eigenvalue weighted by Gasteiger charge is 2.37. The number of H-pyrrole nitrogens is 1. The number of fused-ring (bicyclic) bond motifs is 1. The van der Waals surface area contributed by atoms with Crippen LogP contribution in [0.25, 0.3) is 0 Å². The van der Waals surface area contributed by atoms with E-state index in [9.17, 15) is 13.2 Å². The highest BCUT2D eigenvalue weighted by molar-refractivity contribution is 5.38. The molecule has 0 spiro atoms. The van der Waals surface area contributed by atoms with Crippen molar-refractivity contribution in [3.05, 3.63) is 34.7 Å². The number of halogens is 3. The Morgan fingerprint density at radius 3 is 2.64 bits per heavy atom. The molecule has 0 aliphatic carbocycles. The number of imidazole rings is 1. The van der Waals surface area contributed by atoms with Crippen LogP contribution in [0.3, 0.4) is 0 Å². The largest absolute Gasteiger partial charge is 0.390 e. The smallest absolute Gasteiger partial charge is 0.348 e. The molecule has 1 aliphatic heterocycles. The average molecular weight is 355 g/mol. The van der Waals surface area contributed by atoms with Gasteiger partial charge in [0.05, 0.1) is 30.2 Å². The van der Waals surface area contributed by atoms with Gasteiger partial charge in [-0.25, -0.2) is 4.98 Å². The summed E-state index contributed by atoms with van der Waals surface area (Å²) in [5.74, 6) is 0. The van der Waals surface area contributed by atoms with E-state index in [0.29, 0.717) is 13.0 Å². The third kappa shape index (κ3) is 3.44. The second-order valence-electron chi connectivity index (χ2n) is 6.94. The molecule has 0 radical (unpaired) electrons. The predicted molar refractivity (Wildman–Crippen MR) is 88.5 cm³/mol. The normalized spacial score (nSPS) is 18.8. The minimum absolute atomic E-state index is 0.0355. The van der Waals surface area contributed by atoms with Crippen molar-refractivity contribution < 1.29 is 13.2 Å². The number of rotatable bonds is 4. The Hall–Kier alpha value is -1.83. The van der Waals surface area contributed by atoms with Crippen LogP contribution in [0, 0.1) is 13.8 Å². The molecule has 2 aromatic heterocycles. The lowest BCUT2D eigenvalue weighted by Gasteiger charge is -2.35. The molecule has 5 nitrogen and oxygen atoms in total. The van der Waals surface area contributed by atoms with E-state index in [0.717, 1.165) is 28.3 Å². The van der Waals surface area contributed by atoms with Crippen LogP contribution >= 0.6 is 0 Å². The van der Waals surface area contributed by atoms with Crippen LogP contribution in [0.2, 0.25) is 0 Å². The highest BCUT2D eigenvalue weighted by atomic mass is 19.4. The summed E-state index contributed by atoms with van der Waals surface area (Å²) >= 11 is 0. The first-order chi connectivity index (χ1) is 11.7. The molecule has 1 aliphatic rings. The van der Waals surface area contributed by atoms with Gasteiger partial charge in [0.15, 0.2) is 0 Å². The minimum Gasteiger partial charge on any atom is -0.348 e. The van der Waals surface area contributed by atoms with E-state index < -0.39 is 12.6 Å². The first-order valence-electron chi connectivity index (χ1n) is 8.57. The summed E-state index contributed by atoms with van der Waals surface area (Å²) < 4.78 is 40.3. The lowest BCUT2D eigenvalue weighted by atomic mass is 9.94. The van der Waals surface area contributed by atoms with Crippen LogP contribution in [0.4, 0.5) is 13.2 Å². The zero-order chi connectivity index (χ0) is 18.4. The second-order valence-corrected chi connectivity index (χ2v) is 6.94. The average Bonchev–Trinajstić information content (AvgIpc) is 3.09. The van der Waals surface area contributed by atoms with Crippen LogP contribution in [0.1, 0.15) is 60.7 Å². The van der Waals surface area contributed by atoms with E-state index in [1.165, 1.54) is 0 Å². The summed E-state index contributed by atoms with van der Waals surface area (Å²) in [6.45, 7) is 8.53. The summed E-state index contributed by atoms with van der Waals surface area (Å²) in [6.07, 6.45) is -2.68. The Kier molecular flexibility index (Phi) is 4.66. The van der Waals surface area contributed by atoms with Crippen molar-refractivity contribution in [3.63, 3.8) is 0 Å². The molecule has 1 unspecified atom stereocenters. The summed E-state index contributed by atoms with van der Waals surface area (Å²) in [5.41, 5.74) is 4.64. The number of alkyl halides is 3. The maximum absolute atomic E-state index is 12.8. The molecule has 3 heterocycles. The van der Waals surface area contributed by atoms with Crippen molar-refractivity contribution in [2.45, 2.75) is 58.8 Å². The lowest BCUT2D eigenvalue weighted by Crippen LogP contribution is -2.38. The Bertz CT molecular complexity index is 744. The molecule has 25 heavy (non-hydrogen) atoms. The fourth-order valence-electron chi connectivity index (χ4n) is 3.73. The molecule has 3 rings (SSSR count). The molecule has 1 N–H and O–H groups in total. The number of nitrogens with one attached hydrogen (secondary N) is 1. The number of hydrogen-bond acceptors (Lipinski definition) is 3. The molecule has 0 aromatic carbocycles. The standard InChI is InChI=1S/C17H24F3N5/c1-10(2)25-12(4)14(11(3)23-25)16-15-13(21-9-22-15)5-7-24(16)8-6-17(18,19)20/h9-10,16H,5-8H2,1-4H3,(H,21,22). The van der Waals surface area contributed by atoms with Gasteiger partial charge in [-0.15, -0.1) is 0 Å². The van der Waals surface area contributed by atoms with Crippen LogP contribution in [0.15, 0.2) is 6.33 Å². The first kappa shape index (κ1) is 18.0. The van der Waals surface area contributed by atoms with Crippen molar-refractivity contribution in [2.24, 2.45) is 0 Å². The SMILES string of the molecule is Cc1nn(C(C)C)c(C)c1C1c2nc[nH]c2CCN1CCC(F)(F)F. The van der Waals surface area contributed by atoms with Gasteiger partial charge in [0.2, 0.25) is 0 Å². The van der Waals surface area contributed by atoms with Gasteiger partial charge in [-0.2, -0.15) is 18.3 Å². The van der Waals surface area contributed by atoms with Gasteiger partial charge >= 0.3 is 6.18 Å². The third-order valence-corrected chi connectivity index (χ3v) is 4.85. The molecular weight excluding hydrogens is 331 g/mol. The third-order valence-electron chi connectivity index (χ3n) is 4.85. The van der Waals surface area contributed by atoms with Crippen molar-refractivity contribution >= 4 is 0 Å². The monoisotopic (exact) mass is 355 g/mol. The van der Waals surface area contributed by atoms with Gasteiger partial charge in [-0.05, 0) is 27.7 Å². The van der Waals surface area contributed by atoms with E-state index >= 15 is 0 Å². The molecule has 8 heteroatoms. The topological polar surface area (TPSA) is 49.7 Å². The fraction of sp³-hybridized carbons (Fsp3) is 0.647. The van der Waals surface area contributed by atoms with Crippen molar-refractivity contribution in [1.82, 2.24) is 24.6 Å². The van der Waals surface area contributed by atoms with Crippen LogP contribution < -0.4 is 0 Å². The molecule has 0 amide bonds. The summed E-state index contributed by atoms with van der Waals surface area (Å²) in [7, 11) is 0. The van der Waals surface area contributed by atoms with Gasteiger partial charge in [0, 0.05) is 42.5 Å². The molecule has 1 atom stereocenters. The van der Waals surface area contributed by atoms with E-state index in [2.05, 4.69) is 15.1 Å². The highest BCUT2D eigenvalue weighted by Crippen LogP contribution is 2.38. The molecular formula is C17H24F3N5. The molecule has 0 bridgehead atoms. The van der Waals surface area contributed by atoms with Gasteiger partial charge in [0.1, 0.15) is 0 Å². The van der Waals surface area contributed by atoms with Gasteiger partial charge < -0.3 is 4.98 Å². The molecule has 2 aromatic rings. The number of hydrogen-bond donors (Lipinski definition) is 1. The number of aryl methyl sites for hydroxylation is 1. The van der Waals surface area contributed by atoms with Crippen molar-refractivity contribution in [2.75, 3.05) is 13.1 Å². The zero-order valence-corrected chi connectivity index (χ0v) is 15.0. The molecule has 0 fully saturated rings. The maximum Gasteiger partial charge on any atom is 0.390 e. The van der Waals surface area contributed by atoms with Crippen molar-refractivity contribution in [1.29, 1.82) is 0 Å². The number of aromatic amines is 1. The molecule has 0 saturated carbocycles. The number of aromatic nitrogens is 4. The van der Waals surface area contributed by atoms with Gasteiger partial charge in [-0.1, -0.05) is 0 Å². The lowest BCUT2D eigenvalue weighted by molar-refractivity contribution is -0.139. The first-order valence-corrected chi connectivity index (χ1v) is 8.57. The number of nitrogens with zero attached hydrogens (tertiary/aromatic N) is 4. The van der Waals surface area contributed by atoms with Crippen LogP contribution in [-0.2, 0) is 6.42 Å². The van der Waals surface area contributed by atoms with Crippen molar-refractivity contribution in [3.8, 4) is 0 Å². The van der Waals surface area contributed by atoms with Gasteiger partial charge in [0.25, 0.3) is 0 Å². The van der Waals surface area contributed by atoms with E-state index in [4.69, 9.17) is 0 Å². The Labute approximate surface area is 145 Å². The summed E-state index contributed by atoms with van der Waals surface area (Å²) in [4.78, 5) is 9.45.